The van der Waals surface area contributed by atoms with Gasteiger partial charge in [0.2, 0.25) is 11.8 Å². The van der Waals surface area contributed by atoms with Gasteiger partial charge in [0.1, 0.15) is 0 Å². The lowest BCUT2D eigenvalue weighted by Crippen LogP contribution is -2.30. The lowest BCUT2D eigenvalue weighted by molar-refractivity contribution is -0.122. The highest BCUT2D eigenvalue weighted by Crippen LogP contribution is 2.32. The quantitative estimate of drug-likeness (QED) is 0.382. The monoisotopic (exact) mass is 457 g/mol. The Hall–Kier alpha value is -3.08. The molecular formula is C29H35N3O2. The van der Waals surface area contributed by atoms with Crippen LogP contribution in [-0.4, -0.2) is 16.8 Å². The van der Waals surface area contributed by atoms with E-state index >= 15 is 0 Å². The topological polar surface area (TPSA) is 74.0 Å². The van der Waals surface area contributed by atoms with Crippen LogP contribution in [0, 0.1) is 17.8 Å². The summed E-state index contributed by atoms with van der Waals surface area (Å²) in [6.45, 7) is 2.19. The molecule has 2 atom stereocenters. The number of H-pyrrole nitrogens is 1. The van der Waals surface area contributed by atoms with Gasteiger partial charge in [0, 0.05) is 39.8 Å². The normalized spacial score (nSPS) is 21.3. The number of hydrogen-bond donors (Lipinski definition) is 3. The molecule has 2 aliphatic rings. The molecule has 5 nitrogen and oxygen atoms in total. The molecule has 1 heterocycles. The predicted molar refractivity (Wildman–Crippen MR) is 139 cm³/mol. The number of benzene rings is 2. The maximum atomic E-state index is 12.8. The fourth-order valence-electron chi connectivity index (χ4n) is 5.65. The molecule has 0 bridgehead atoms. The Morgan fingerprint density at radius 3 is 2.21 bits per heavy atom. The molecule has 2 aromatic carbocycles. The molecule has 3 aromatic rings. The Bertz CT molecular complexity index is 1160. The summed E-state index contributed by atoms with van der Waals surface area (Å²) in [6.07, 6.45) is 10.1. The molecule has 34 heavy (non-hydrogen) atoms. The van der Waals surface area contributed by atoms with E-state index in [0.29, 0.717) is 5.92 Å². The summed E-state index contributed by atoms with van der Waals surface area (Å²) in [7, 11) is 0. The molecule has 2 fully saturated rings. The molecule has 2 amide bonds. The number of anilines is 2. The average Bonchev–Trinajstić information content (AvgIpc) is 3.29. The molecule has 0 saturated heterocycles. The van der Waals surface area contributed by atoms with E-state index in [1.165, 1.54) is 12.8 Å². The second-order valence-corrected chi connectivity index (χ2v) is 10.2. The third-order valence-electron chi connectivity index (χ3n) is 7.78. The number of hydrogen-bond acceptors (Lipinski definition) is 2. The van der Waals surface area contributed by atoms with Crippen molar-refractivity contribution >= 4 is 34.1 Å². The minimum Gasteiger partial charge on any atom is -0.355 e. The van der Waals surface area contributed by atoms with E-state index in [1.54, 1.807) is 0 Å². The SMILES string of the molecule is CC1CCCCC1C(=O)Nc1ccc2[nH]c(-c3ccc(NC(=O)C4CCCCC4)cc3)cc2c1. The Kier molecular flexibility index (Phi) is 6.70. The van der Waals surface area contributed by atoms with E-state index in [2.05, 4.69) is 28.6 Å². The Labute approximate surface area is 201 Å². The molecule has 3 N–H and O–H groups in total. The van der Waals surface area contributed by atoms with Crippen LogP contribution < -0.4 is 10.6 Å². The standard InChI is InChI=1S/C29H35N3O2/c1-19-7-5-6-10-25(19)29(34)31-24-15-16-26-22(17-24)18-27(32-26)20-11-13-23(14-12-20)30-28(33)21-8-3-2-4-9-21/h11-19,21,25,32H,2-10H2,1H3,(H,30,33)(H,31,34). The summed E-state index contributed by atoms with van der Waals surface area (Å²) in [5.74, 6) is 1.01. The fourth-order valence-corrected chi connectivity index (χ4v) is 5.65. The summed E-state index contributed by atoms with van der Waals surface area (Å²) in [4.78, 5) is 28.8. The summed E-state index contributed by atoms with van der Waals surface area (Å²) < 4.78 is 0. The van der Waals surface area contributed by atoms with Crippen molar-refractivity contribution < 1.29 is 9.59 Å². The molecule has 0 radical (unpaired) electrons. The van der Waals surface area contributed by atoms with E-state index in [-0.39, 0.29) is 23.7 Å². The van der Waals surface area contributed by atoms with Crippen molar-refractivity contribution in [1.82, 2.24) is 4.98 Å². The minimum atomic E-state index is 0.114. The first-order valence-electron chi connectivity index (χ1n) is 12.9. The molecule has 1 aromatic heterocycles. The van der Waals surface area contributed by atoms with Crippen LogP contribution >= 0.6 is 0 Å². The molecular weight excluding hydrogens is 422 g/mol. The molecule has 5 heteroatoms. The number of amides is 2. The Morgan fingerprint density at radius 1 is 0.765 bits per heavy atom. The van der Waals surface area contributed by atoms with E-state index < -0.39 is 0 Å². The van der Waals surface area contributed by atoms with E-state index in [1.807, 2.05) is 42.5 Å². The van der Waals surface area contributed by atoms with Gasteiger partial charge in [-0.25, -0.2) is 0 Å². The number of aromatic amines is 1. The summed E-state index contributed by atoms with van der Waals surface area (Å²) in [6, 6.07) is 16.2. The van der Waals surface area contributed by atoms with Crippen molar-refractivity contribution in [2.24, 2.45) is 17.8 Å². The van der Waals surface area contributed by atoms with Crippen LogP contribution in [0.3, 0.4) is 0 Å². The van der Waals surface area contributed by atoms with Crippen LogP contribution in [0.25, 0.3) is 22.2 Å². The molecule has 2 saturated carbocycles. The van der Waals surface area contributed by atoms with Crippen LogP contribution in [0.15, 0.2) is 48.5 Å². The zero-order valence-corrected chi connectivity index (χ0v) is 20.0. The first-order chi connectivity index (χ1) is 16.6. The van der Waals surface area contributed by atoms with Gasteiger partial charge >= 0.3 is 0 Å². The van der Waals surface area contributed by atoms with Crippen molar-refractivity contribution in [3.63, 3.8) is 0 Å². The van der Waals surface area contributed by atoms with Gasteiger partial charge in [0.25, 0.3) is 0 Å². The van der Waals surface area contributed by atoms with Crippen LogP contribution in [-0.2, 0) is 9.59 Å². The first-order valence-corrected chi connectivity index (χ1v) is 12.9. The van der Waals surface area contributed by atoms with Gasteiger partial charge in [-0.1, -0.05) is 51.2 Å². The second-order valence-electron chi connectivity index (χ2n) is 10.2. The van der Waals surface area contributed by atoms with Crippen molar-refractivity contribution in [3.8, 4) is 11.3 Å². The third-order valence-corrected chi connectivity index (χ3v) is 7.78. The highest BCUT2D eigenvalue weighted by molar-refractivity contribution is 5.96. The van der Waals surface area contributed by atoms with Crippen LogP contribution in [0.2, 0.25) is 0 Å². The maximum Gasteiger partial charge on any atom is 0.227 e. The van der Waals surface area contributed by atoms with E-state index in [9.17, 15) is 9.59 Å². The van der Waals surface area contributed by atoms with Gasteiger partial charge in [0.15, 0.2) is 0 Å². The van der Waals surface area contributed by atoms with E-state index in [4.69, 9.17) is 0 Å². The molecule has 0 aliphatic heterocycles. The van der Waals surface area contributed by atoms with Gasteiger partial charge in [-0.05, 0) is 73.6 Å². The minimum absolute atomic E-state index is 0.114. The van der Waals surface area contributed by atoms with Crippen molar-refractivity contribution in [2.45, 2.75) is 64.7 Å². The van der Waals surface area contributed by atoms with Gasteiger partial charge in [-0.2, -0.15) is 0 Å². The summed E-state index contributed by atoms with van der Waals surface area (Å²) >= 11 is 0. The number of carbonyl (C=O) groups excluding carboxylic acids is 2. The van der Waals surface area contributed by atoms with Crippen molar-refractivity contribution in [3.05, 3.63) is 48.5 Å². The highest BCUT2D eigenvalue weighted by Gasteiger charge is 2.27. The molecule has 2 unspecified atom stereocenters. The zero-order valence-electron chi connectivity index (χ0n) is 20.0. The van der Waals surface area contributed by atoms with Gasteiger partial charge in [0.05, 0.1) is 0 Å². The molecule has 178 valence electrons. The lowest BCUT2D eigenvalue weighted by Gasteiger charge is -2.27. The van der Waals surface area contributed by atoms with Crippen LogP contribution in [0.1, 0.15) is 64.7 Å². The number of aromatic nitrogens is 1. The summed E-state index contributed by atoms with van der Waals surface area (Å²) in [5.41, 5.74) is 4.81. The van der Waals surface area contributed by atoms with Crippen molar-refractivity contribution in [2.75, 3.05) is 10.6 Å². The summed E-state index contributed by atoms with van der Waals surface area (Å²) in [5, 5.41) is 7.29. The predicted octanol–water partition coefficient (Wildman–Crippen LogP) is 7.12. The van der Waals surface area contributed by atoms with E-state index in [0.717, 1.165) is 78.5 Å². The van der Waals surface area contributed by atoms with Gasteiger partial charge in [-0.3, -0.25) is 9.59 Å². The van der Waals surface area contributed by atoms with Crippen molar-refractivity contribution in [1.29, 1.82) is 0 Å². The number of nitrogens with one attached hydrogen (secondary N) is 3. The Morgan fingerprint density at radius 2 is 1.44 bits per heavy atom. The molecule has 2 aliphatic carbocycles. The number of carbonyl (C=O) groups is 2. The van der Waals surface area contributed by atoms with Gasteiger partial charge < -0.3 is 15.6 Å². The highest BCUT2D eigenvalue weighted by atomic mass is 16.2. The second kappa shape index (κ2) is 10.0. The largest absolute Gasteiger partial charge is 0.355 e. The third kappa shape index (κ3) is 5.03. The van der Waals surface area contributed by atoms with Crippen LogP contribution in [0.4, 0.5) is 11.4 Å². The van der Waals surface area contributed by atoms with Crippen LogP contribution in [0.5, 0.6) is 0 Å². The first kappa shape index (κ1) is 22.7. The number of fused-ring (bicyclic) bond motifs is 1. The molecule has 5 rings (SSSR count). The maximum absolute atomic E-state index is 12.8. The smallest absolute Gasteiger partial charge is 0.227 e. The van der Waals surface area contributed by atoms with Gasteiger partial charge in [-0.15, -0.1) is 0 Å². The lowest BCUT2D eigenvalue weighted by atomic mass is 9.80. The number of rotatable bonds is 5. The Balaban J connectivity index is 1.26. The molecule has 0 spiro atoms. The average molecular weight is 458 g/mol. The fraction of sp³-hybridized carbons (Fsp3) is 0.448. The zero-order chi connectivity index (χ0) is 23.5.